The van der Waals surface area contributed by atoms with Gasteiger partial charge in [-0.25, -0.2) is 0 Å². The number of hydrogen-bond acceptors (Lipinski definition) is 1. The zero-order valence-electron chi connectivity index (χ0n) is 9.75. The molecule has 1 unspecified atom stereocenters. The molecule has 0 aliphatic carbocycles. The van der Waals surface area contributed by atoms with Crippen LogP contribution < -0.4 is 0 Å². The fourth-order valence-electron chi connectivity index (χ4n) is 2.18. The van der Waals surface area contributed by atoms with Gasteiger partial charge < -0.3 is 4.42 Å². The molecule has 0 aliphatic rings. The molecule has 0 aliphatic heterocycles. The van der Waals surface area contributed by atoms with Crippen molar-refractivity contribution in [1.82, 2.24) is 0 Å². The van der Waals surface area contributed by atoms with Crippen LogP contribution in [0.15, 0.2) is 35.1 Å². The average Bonchev–Trinajstić information content (AvgIpc) is 2.67. The molecule has 2 heteroatoms. The van der Waals surface area contributed by atoms with E-state index in [0.29, 0.717) is 0 Å². The van der Waals surface area contributed by atoms with E-state index in [-0.39, 0.29) is 5.38 Å². The van der Waals surface area contributed by atoms with Crippen molar-refractivity contribution < 1.29 is 4.42 Å². The van der Waals surface area contributed by atoms with Crippen LogP contribution in [0.2, 0.25) is 0 Å². The molecule has 0 bridgehead atoms. The topological polar surface area (TPSA) is 13.1 Å². The summed E-state index contributed by atoms with van der Waals surface area (Å²) in [5.74, 6) is 0. The van der Waals surface area contributed by atoms with Crippen molar-refractivity contribution in [2.45, 2.75) is 26.1 Å². The highest BCUT2D eigenvalue weighted by molar-refractivity contribution is 6.22. The first kappa shape index (κ1) is 11.3. The summed E-state index contributed by atoms with van der Waals surface area (Å²) in [7, 11) is 0. The fraction of sp³-hybridized carbons (Fsp3) is 0.286. The molecule has 0 N–H and O–H groups in total. The summed E-state index contributed by atoms with van der Waals surface area (Å²) in [6.45, 7) is 6.31. The third kappa shape index (κ3) is 2.00. The highest BCUT2D eigenvalue weighted by Gasteiger charge is 2.16. The van der Waals surface area contributed by atoms with E-state index in [0.717, 1.165) is 5.56 Å². The first-order chi connectivity index (χ1) is 7.59. The van der Waals surface area contributed by atoms with Gasteiger partial charge in [0.2, 0.25) is 0 Å². The van der Waals surface area contributed by atoms with Crippen molar-refractivity contribution in [1.29, 1.82) is 0 Å². The predicted octanol–water partition coefficient (Wildman–Crippen LogP) is 4.53. The zero-order chi connectivity index (χ0) is 11.7. The Morgan fingerprint density at radius 1 is 1.12 bits per heavy atom. The van der Waals surface area contributed by atoms with E-state index in [1.165, 1.54) is 22.3 Å². The molecule has 1 atom stereocenters. The molecule has 0 amide bonds. The second-order valence-electron chi connectivity index (χ2n) is 4.23. The molecule has 2 aromatic rings. The molecule has 1 heterocycles. The van der Waals surface area contributed by atoms with Gasteiger partial charge in [0.25, 0.3) is 0 Å². The highest BCUT2D eigenvalue weighted by atomic mass is 35.5. The maximum atomic E-state index is 6.48. The van der Waals surface area contributed by atoms with E-state index < -0.39 is 0 Å². The van der Waals surface area contributed by atoms with E-state index in [1.807, 2.05) is 6.07 Å². The number of halogens is 1. The van der Waals surface area contributed by atoms with Crippen LogP contribution in [0.1, 0.15) is 33.2 Å². The van der Waals surface area contributed by atoms with E-state index in [4.69, 9.17) is 16.0 Å². The Bertz CT molecular complexity index is 462. The van der Waals surface area contributed by atoms with Gasteiger partial charge in [-0.1, -0.05) is 17.7 Å². The maximum absolute atomic E-state index is 6.48. The second-order valence-corrected chi connectivity index (χ2v) is 4.67. The minimum Gasteiger partial charge on any atom is -0.472 e. The van der Waals surface area contributed by atoms with Crippen molar-refractivity contribution in [2.75, 3.05) is 0 Å². The van der Waals surface area contributed by atoms with Crippen molar-refractivity contribution in [3.05, 3.63) is 58.5 Å². The summed E-state index contributed by atoms with van der Waals surface area (Å²) >= 11 is 6.48. The SMILES string of the molecule is Cc1cc(C)c(C(Cl)c2ccoc2)c(C)c1. The molecule has 0 spiro atoms. The van der Waals surface area contributed by atoms with Gasteiger partial charge in [0, 0.05) is 5.56 Å². The monoisotopic (exact) mass is 234 g/mol. The molecule has 0 radical (unpaired) electrons. The maximum Gasteiger partial charge on any atom is 0.0952 e. The van der Waals surface area contributed by atoms with Crippen LogP contribution in [-0.2, 0) is 0 Å². The molecule has 0 saturated heterocycles. The number of aryl methyl sites for hydroxylation is 3. The molecule has 1 aromatic carbocycles. The van der Waals surface area contributed by atoms with E-state index in [2.05, 4.69) is 32.9 Å². The van der Waals surface area contributed by atoms with Gasteiger partial charge in [0.05, 0.1) is 17.9 Å². The first-order valence-electron chi connectivity index (χ1n) is 5.33. The van der Waals surface area contributed by atoms with Gasteiger partial charge >= 0.3 is 0 Å². The molecule has 1 aromatic heterocycles. The predicted molar refractivity (Wildman–Crippen MR) is 67.1 cm³/mol. The van der Waals surface area contributed by atoms with Gasteiger partial charge in [-0.15, -0.1) is 11.6 Å². The van der Waals surface area contributed by atoms with Crippen molar-refractivity contribution >= 4 is 11.6 Å². The third-order valence-electron chi connectivity index (χ3n) is 2.83. The molecule has 0 saturated carbocycles. The fourth-order valence-corrected chi connectivity index (χ4v) is 2.65. The molecule has 16 heavy (non-hydrogen) atoms. The number of furan rings is 1. The average molecular weight is 235 g/mol. The first-order valence-corrected chi connectivity index (χ1v) is 5.77. The van der Waals surface area contributed by atoms with Crippen molar-refractivity contribution in [2.24, 2.45) is 0 Å². The van der Waals surface area contributed by atoms with Gasteiger partial charge in [0.15, 0.2) is 0 Å². The summed E-state index contributed by atoms with van der Waals surface area (Å²) in [4.78, 5) is 0. The normalized spacial score (nSPS) is 12.8. The minimum absolute atomic E-state index is 0.126. The lowest BCUT2D eigenvalue weighted by atomic mass is 9.95. The molecule has 0 fully saturated rings. The van der Waals surface area contributed by atoms with Gasteiger partial charge in [-0.05, 0) is 43.5 Å². The lowest BCUT2D eigenvalue weighted by molar-refractivity contribution is 0.564. The van der Waals surface area contributed by atoms with Crippen LogP contribution in [0.5, 0.6) is 0 Å². The molecule has 2 rings (SSSR count). The molecular formula is C14H15ClO. The second kappa shape index (κ2) is 4.34. The van der Waals surface area contributed by atoms with Gasteiger partial charge in [-0.2, -0.15) is 0 Å². The minimum atomic E-state index is -0.126. The quantitative estimate of drug-likeness (QED) is 0.696. The van der Waals surface area contributed by atoms with Crippen LogP contribution in [0.3, 0.4) is 0 Å². The number of rotatable bonds is 2. The third-order valence-corrected chi connectivity index (χ3v) is 3.30. The zero-order valence-corrected chi connectivity index (χ0v) is 10.5. The summed E-state index contributed by atoms with van der Waals surface area (Å²) in [6, 6.07) is 6.24. The van der Waals surface area contributed by atoms with E-state index in [9.17, 15) is 0 Å². The Hall–Kier alpha value is -1.21. The summed E-state index contributed by atoms with van der Waals surface area (Å²) < 4.78 is 5.08. The molecule has 84 valence electrons. The van der Waals surface area contributed by atoms with Crippen molar-refractivity contribution in [3.63, 3.8) is 0 Å². The summed E-state index contributed by atoms with van der Waals surface area (Å²) in [5.41, 5.74) is 5.94. The smallest absolute Gasteiger partial charge is 0.0952 e. The number of benzene rings is 1. The standard InChI is InChI=1S/C14H15ClO/c1-9-6-10(2)13(11(3)7-9)14(15)12-4-5-16-8-12/h4-8,14H,1-3H3. The molecule has 1 nitrogen and oxygen atoms in total. The van der Waals surface area contributed by atoms with Crippen molar-refractivity contribution in [3.8, 4) is 0 Å². The van der Waals surface area contributed by atoms with E-state index >= 15 is 0 Å². The van der Waals surface area contributed by atoms with Crippen LogP contribution in [0, 0.1) is 20.8 Å². The Labute approximate surface area is 101 Å². The highest BCUT2D eigenvalue weighted by Crippen LogP contribution is 2.33. The summed E-state index contributed by atoms with van der Waals surface area (Å²) in [6.07, 6.45) is 3.36. The Morgan fingerprint density at radius 3 is 2.25 bits per heavy atom. The van der Waals surface area contributed by atoms with Gasteiger partial charge in [0.1, 0.15) is 0 Å². The van der Waals surface area contributed by atoms with Crippen LogP contribution in [0.4, 0.5) is 0 Å². The lowest BCUT2D eigenvalue weighted by Gasteiger charge is -2.15. The number of hydrogen-bond donors (Lipinski definition) is 0. The van der Waals surface area contributed by atoms with Crippen LogP contribution in [0.25, 0.3) is 0 Å². The largest absolute Gasteiger partial charge is 0.472 e. The van der Waals surface area contributed by atoms with Gasteiger partial charge in [-0.3, -0.25) is 0 Å². The van der Waals surface area contributed by atoms with Crippen LogP contribution in [-0.4, -0.2) is 0 Å². The number of alkyl halides is 1. The molecular weight excluding hydrogens is 220 g/mol. The lowest BCUT2D eigenvalue weighted by Crippen LogP contribution is -1.99. The Morgan fingerprint density at radius 2 is 1.75 bits per heavy atom. The Kier molecular flexibility index (Phi) is 3.06. The summed E-state index contributed by atoms with van der Waals surface area (Å²) in [5, 5.41) is -0.126. The van der Waals surface area contributed by atoms with Crippen LogP contribution >= 0.6 is 11.6 Å². The Balaban J connectivity index is 2.48. The van der Waals surface area contributed by atoms with E-state index in [1.54, 1.807) is 12.5 Å².